The van der Waals surface area contributed by atoms with E-state index in [4.69, 9.17) is 0 Å². The van der Waals surface area contributed by atoms with Crippen LogP contribution in [0, 0.1) is 5.82 Å². The SMILES string of the molecule is CCC(CC)c1nnc(NC(=O)c2ccc(Br)cc2F)s1. The van der Waals surface area contributed by atoms with Crippen LogP contribution in [-0.4, -0.2) is 16.1 Å². The average molecular weight is 372 g/mol. The molecule has 7 heteroatoms. The number of carbonyl (C=O) groups excluding carboxylic acids is 1. The Kier molecular flexibility index (Phi) is 5.41. The molecule has 0 aliphatic rings. The predicted octanol–water partition coefficient (Wildman–Crippen LogP) is 4.60. The summed E-state index contributed by atoms with van der Waals surface area (Å²) in [5.74, 6) is -0.753. The Hall–Kier alpha value is -1.34. The van der Waals surface area contributed by atoms with Crippen molar-refractivity contribution < 1.29 is 9.18 Å². The van der Waals surface area contributed by atoms with Gasteiger partial charge in [0.1, 0.15) is 10.8 Å². The van der Waals surface area contributed by atoms with Crippen LogP contribution in [0.3, 0.4) is 0 Å². The van der Waals surface area contributed by atoms with Crippen molar-refractivity contribution in [2.45, 2.75) is 32.6 Å². The zero-order chi connectivity index (χ0) is 15.4. The molecule has 0 atom stereocenters. The van der Waals surface area contributed by atoms with Gasteiger partial charge >= 0.3 is 0 Å². The molecule has 0 aliphatic carbocycles. The normalized spacial score (nSPS) is 10.9. The number of nitrogens with zero attached hydrogens (tertiary/aromatic N) is 2. The summed E-state index contributed by atoms with van der Waals surface area (Å²) in [6.45, 7) is 4.18. The number of nitrogens with one attached hydrogen (secondary N) is 1. The lowest BCUT2D eigenvalue weighted by Crippen LogP contribution is -2.13. The Bertz CT molecular complexity index is 643. The van der Waals surface area contributed by atoms with E-state index in [-0.39, 0.29) is 5.56 Å². The Morgan fingerprint density at radius 2 is 2.10 bits per heavy atom. The molecule has 0 saturated heterocycles. The topological polar surface area (TPSA) is 54.9 Å². The molecule has 0 spiro atoms. The number of halogens is 2. The summed E-state index contributed by atoms with van der Waals surface area (Å²) in [4.78, 5) is 12.0. The molecule has 1 heterocycles. The summed E-state index contributed by atoms with van der Waals surface area (Å²) in [5.41, 5.74) is -0.0162. The number of benzene rings is 1. The number of hydrogen-bond donors (Lipinski definition) is 1. The fraction of sp³-hybridized carbons (Fsp3) is 0.357. The number of anilines is 1. The number of aromatic nitrogens is 2. The first-order chi connectivity index (χ1) is 10.0. The van der Waals surface area contributed by atoms with Crippen molar-refractivity contribution in [1.29, 1.82) is 0 Å². The highest BCUT2D eigenvalue weighted by molar-refractivity contribution is 9.10. The molecule has 21 heavy (non-hydrogen) atoms. The van der Waals surface area contributed by atoms with Gasteiger partial charge in [-0.05, 0) is 31.0 Å². The Morgan fingerprint density at radius 1 is 1.38 bits per heavy atom. The van der Waals surface area contributed by atoms with Gasteiger partial charge in [0.15, 0.2) is 0 Å². The van der Waals surface area contributed by atoms with Gasteiger partial charge in [-0.25, -0.2) is 4.39 Å². The number of rotatable bonds is 5. The van der Waals surface area contributed by atoms with Gasteiger partial charge in [-0.2, -0.15) is 0 Å². The van der Waals surface area contributed by atoms with Crippen LogP contribution < -0.4 is 5.32 Å². The first-order valence-corrected chi connectivity index (χ1v) is 8.25. The maximum Gasteiger partial charge on any atom is 0.260 e. The maximum absolute atomic E-state index is 13.7. The summed E-state index contributed by atoms with van der Waals surface area (Å²) in [7, 11) is 0. The molecule has 1 amide bonds. The molecule has 0 saturated carbocycles. The molecule has 0 radical (unpaired) electrons. The monoisotopic (exact) mass is 371 g/mol. The first-order valence-electron chi connectivity index (χ1n) is 6.64. The van der Waals surface area contributed by atoms with E-state index in [1.165, 1.54) is 23.5 Å². The second-order valence-electron chi connectivity index (χ2n) is 4.54. The van der Waals surface area contributed by atoms with Crippen molar-refractivity contribution in [3.8, 4) is 0 Å². The average Bonchev–Trinajstić information content (AvgIpc) is 2.88. The summed E-state index contributed by atoms with van der Waals surface area (Å²) < 4.78 is 14.3. The van der Waals surface area contributed by atoms with Crippen LogP contribution in [0.2, 0.25) is 0 Å². The highest BCUT2D eigenvalue weighted by atomic mass is 79.9. The van der Waals surface area contributed by atoms with E-state index in [2.05, 4.69) is 45.3 Å². The summed E-state index contributed by atoms with van der Waals surface area (Å²) in [6, 6.07) is 4.30. The van der Waals surface area contributed by atoms with Gasteiger partial charge < -0.3 is 0 Å². The molecular formula is C14H15BrFN3OS. The Morgan fingerprint density at radius 3 is 2.71 bits per heavy atom. The van der Waals surface area contributed by atoms with Crippen molar-refractivity contribution in [3.63, 3.8) is 0 Å². The minimum absolute atomic E-state index is 0.0162. The standard InChI is InChI=1S/C14H15BrFN3OS/c1-3-8(4-2)13-18-19-14(21-13)17-12(20)10-6-5-9(15)7-11(10)16/h5-8H,3-4H2,1-2H3,(H,17,19,20). The van der Waals surface area contributed by atoms with Gasteiger partial charge in [0.2, 0.25) is 5.13 Å². The van der Waals surface area contributed by atoms with Crippen LogP contribution >= 0.6 is 27.3 Å². The first kappa shape index (κ1) is 16.0. The van der Waals surface area contributed by atoms with E-state index < -0.39 is 11.7 Å². The largest absolute Gasteiger partial charge is 0.296 e. The predicted molar refractivity (Wildman–Crippen MR) is 85.3 cm³/mol. The highest BCUT2D eigenvalue weighted by Crippen LogP contribution is 2.28. The van der Waals surface area contributed by atoms with Crippen molar-refractivity contribution in [2.24, 2.45) is 0 Å². The van der Waals surface area contributed by atoms with Gasteiger partial charge in [0, 0.05) is 10.4 Å². The van der Waals surface area contributed by atoms with Crippen molar-refractivity contribution in [1.82, 2.24) is 10.2 Å². The van der Waals surface area contributed by atoms with Crippen molar-refractivity contribution >= 4 is 38.3 Å². The third kappa shape index (κ3) is 3.85. The van der Waals surface area contributed by atoms with Gasteiger partial charge in [-0.3, -0.25) is 10.1 Å². The molecule has 1 aromatic heterocycles. The van der Waals surface area contributed by atoms with Crippen LogP contribution in [-0.2, 0) is 0 Å². The molecule has 0 bridgehead atoms. The van der Waals surface area contributed by atoms with E-state index in [0.717, 1.165) is 17.8 Å². The number of hydrogen-bond acceptors (Lipinski definition) is 4. The lowest BCUT2D eigenvalue weighted by molar-refractivity contribution is 0.102. The molecule has 1 aromatic carbocycles. The molecule has 112 valence electrons. The van der Waals surface area contributed by atoms with Crippen LogP contribution in [0.5, 0.6) is 0 Å². The number of carbonyl (C=O) groups is 1. The second kappa shape index (κ2) is 7.09. The molecule has 0 fully saturated rings. The second-order valence-corrected chi connectivity index (χ2v) is 6.46. The summed E-state index contributed by atoms with van der Waals surface area (Å²) in [5, 5.41) is 11.9. The van der Waals surface area contributed by atoms with E-state index in [1.807, 2.05) is 0 Å². The van der Waals surface area contributed by atoms with Crippen LogP contribution in [0.1, 0.15) is 48.0 Å². The molecular weight excluding hydrogens is 357 g/mol. The van der Waals surface area contributed by atoms with Gasteiger partial charge in [0.05, 0.1) is 5.56 Å². The summed E-state index contributed by atoms with van der Waals surface area (Å²) >= 11 is 4.49. The Balaban J connectivity index is 2.13. The van der Waals surface area contributed by atoms with Gasteiger partial charge in [-0.1, -0.05) is 41.1 Å². The van der Waals surface area contributed by atoms with Crippen LogP contribution in [0.25, 0.3) is 0 Å². The van der Waals surface area contributed by atoms with E-state index in [1.54, 1.807) is 6.07 Å². The zero-order valence-electron chi connectivity index (χ0n) is 11.7. The molecule has 4 nitrogen and oxygen atoms in total. The maximum atomic E-state index is 13.7. The third-order valence-corrected chi connectivity index (χ3v) is 4.67. The minimum Gasteiger partial charge on any atom is -0.296 e. The van der Waals surface area contributed by atoms with Crippen LogP contribution in [0.15, 0.2) is 22.7 Å². The molecule has 2 rings (SSSR count). The third-order valence-electron chi connectivity index (χ3n) is 3.17. The smallest absolute Gasteiger partial charge is 0.260 e. The lowest BCUT2D eigenvalue weighted by atomic mass is 10.1. The van der Waals surface area contributed by atoms with E-state index >= 15 is 0 Å². The van der Waals surface area contributed by atoms with Crippen molar-refractivity contribution in [2.75, 3.05) is 5.32 Å². The van der Waals surface area contributed by atoms with Gasteiger partial charge in [-0.15, -0.1) is 10.2 Å². The molecule has 0 unspecified atom stereocenters. The molecule has 0 aliphatic heterocycles. The fourth-order valence-electron chi connectivity index (χ4n) is 1.93. The number of amides is 1. The quantitative estimate of drug-likeness (QED) is 0.835. The summed E-state index contributed by atoms with van der Waals surface area (Å²) in [6.07, 6.45) is 1.95. The Labute approximate surface area is 134 Å². The van der Waals surface area contributed by atoms with E-state index in [9.17, 15) is 9.18 Å². The highest BCUT2D eigenvalue weighted by Gasteiger charge is 2.17. The van der Waals surface area contributed by atoms with E-state index in [0.29, 0.717) is 15.5 Å². The zero-order valence-corrected chi connectivity index (χ0v) is 14.1. The fourth-order valence-corrected chi connectivity index (χ4v) is 3.26. The molecule has 1 N–H and O–H groups in total. The van der Waals surface area contributed by atoms with Gasteiger partial charge in [0.25, 0.3) is 5.91 Å². The molecule has 2 aromatic rings. The lowest BCUT2D eigenvalue weighted by Gasteiger charge is -2.06. The van der Waals surface area contributed by atoms with Crippen molar-refractivity contribution in [3.05, 3.63) is 39.1 Å². The van der Waals surface area contributed by atoms with Crippen LogP contribution in [0.4, 0.5) is 9.52 Å². The minimum atomic E-state index is -0.577.